The average Bonchev–Trinajstić information content (AvgIpc) is 1.60. The molecule has 4 aliphatic rings. The third kappa shape index (κ3) is 30.4. The molecule has 3 aromatic heterocycles. The van der Waals surface area contributed by atoms with Crippen molar-refractivity contribution in [2.45, 2.75) is 109 Å². The first-order chi connectivity index (χ1) is 60.0. The Hall–Kier alpha value is -9.57. The SMILES string of the molecule is CC(C)C(NC(=O)CCOCCOCCOCCOCCOCCOCCOCCOCCNC(=O)CCC(=O)N1Cc2ccccc2C#Cc2ccccc21)C(=O)NCC(=O)Nc1ccc(COC(=O)N(C)Cc2ccccc2C(=O)Nc2nc3c(ncn3[C@@H]3O[C@@H]4COP(O)(=S)O[C@H]5C[C@H](Oc6ccncn6)C[C@@H]5COP(=O)(S)O[C@@H]3C4)c(=O)[nH]2)cc1. The standard InChI is InChI=1S/C82H103N13O25P2S2/c1-55(2)74(89-70(97)25-28-106-30-32-108-34-36-110-38-40-112-42-43-113-41-39-111-37-35-109-33-31-107-29-27-84-69(96)22-23-73(99)94-49-59-12-5-4-10-57(59)18-19-58-11-7-9-15-66(58)94)78(101)85-47-71(98)88-62-20-16-56(17-21-62)50-114-82(103)93(3)48-60-13-6-8-14-65(60)77(100)91-81-90-76-75(79(102)92-81)87-54-95(76)80-68-46-64(118-80)52-116-122(105,124)119-67-45-63(117-72-24-26-83-53-86-72)44-61(67)51-115-121(104,123)120-68/h4-17,20-21,24,26,53-55,61,63-64,67-68,74,80H,22-23,25,27-52H2,1-3H3,(H,84,96)(H,85,101)(H,88,98)(H,89,97)(H,104,123)(H,105,124)(H2,90,91,92,100,102)/t61-,63-,64+,67+,68-,74?,80-,121?,122?/m1/s1. The summed E-state index contributed by atoms with van der Waals surface area (Å²) >= 11 is 9.75. The van der Waals surface area contributed by atoms with Gasteiger partial charge in [-0.15, -0.1) is 0 Å². The van der Waals surface area contributed by atoms with Crippen molar-refractivity contribution in [3.05, 3.63) is 166 Å². The van der Waals surface area contributed by atoms with E-state index >= 15 is 0 Å². The number of thiol groups is 1. The van der Waals surface area contributed by atoms with E-state index < -0.39 is 97.9 Å². The number of aromatic amines is 1. The number of anilines is 3. The van der Waals surface area contributed by atoms with Gasteiger partial charge in [0.05, 0.1) is 156 Å². The van der Waals surface area contributed by atoms with Crippen molar-refractivity contribution in [3.8, 4) is 17.7 Å². The number of ether oxygens (including phenoxy) is 11. The van der Waals surface area contributed by atoms with Crippen molar-refractivity contribution in [2.75, 3.05) is 155 Å². The fourth-order valence-electron chi connectivity index (χ4n) is 13.4. The summed E-state index contributed by atoms with van der Waals surface area (Å²) in [6.07, 6.45) is -0.149. The van der Waals surface area contributed by atoms with Gasteiger partial charge in [0.1, 0.15) is 31.2 Å². The van der Waals surface area contributed by atoms with Gasteiger partial charge in [-0.3, -0.25) is 53.0 Å². The van der Waals surface area contributed by atoms with Gasteiger partial charge in [0, 0.05) is 92.8 Å². The zero-order valence-electron chi connectivity index (χ0n) is 68.8. The molecule has 7 N–H and O–H groups in total. The molecule has 124 heavy (non-hydrogen) atoms. The van der Waals surface area contributed by atoms with Gasteiger partial charge in [-0.2, -0.15) is 4.98 Å². The summed E-state index contributed by atoms with van der Waals surface area (Å²) in [6.45, 7) is 0.403. The van der Waals surface area contributed by atoms with Crippen LogP contribution in [0.1, 0.15) is 96.8 Å². The fraction of sp³-hybridized carbons (Fsp3) is 0.488. The molecule has 7 amide bonds. The second-order valence-electron chi connectivity index (χ2n) is 29.1. The van der Waals surface area contributed by atoms with Gasteiger partial charge in [0.2, 0.25) is 41.4 Å². The van der Waals surface area contributed by atoms with Crippen LogP contribution < -0.4 is 41.8 Å². The Morgan fingerprint density at radius 1 is 0.694 bits per heavy atom. The molecule has 9 atom stereocenters. The molecule has 1 aliphatic carbocycles. The van der Waals surface area contributed by atoms with Crippen molar-refractivity contribution in [3.63, 3.8) is 0 Å². The van der Waals surface area contributed by atoms with Crippen LogP contribution in [0.3, 0.4) is 0 Å². The number of amides is 7. The van der Waals surface area contributed by atoms with Gasteiger partial charge in [0.15, 0.2) is 17.4 Å². The molecule has 7 aromatic rings. The quantitative estimate of drug-likeness (QED) is 0.00850. The molecule has 4 aromatic carbocycles. The van der Waals surface area contributed by atoms with E-state index in [9.17, 15) is 47.8 Å². The number of imidazole rings is 1. The molecule has 3 unspecified atom stereocenters. The number of nitrogens with one attached hydrogen (secondary N) is 6. The van der Waals surface area contributed by atoms with E-state index in [1.807, 2.05) is 48.5 Å². The molecule has 3 aliphatic heterocycles. The zero-order valence-corrected chi connectivity index (χ0v) is 72.3. The minimum atomic E-state index is -4.18. The molecular formula is C82H103N13O25P2S2. The Bertz CT molecular complexity index is 4940. The lowest BCUT2D eigenvalue weighted by atomic mass is 10.0. The minimum Gasteiger partial charge on any atom is -0.474 e. The van der Waals surface area contributed by atoms with Crippen molar-refractivity contribution < 1.29 is 113 Å². The summed E-state index contributed by atoms with van der Waals surface area (Å²) in [5.74, 6) is 3.04. The van der Waals surface area contributed by atoms with Crippen LogP contribution in [0.2, 0.25) is 0 Å². The van der Waals surface area contributed by atoms with Gasteiger partial charge in [-0.05, 0) is 77.2 Å². The number of carbonyl (C=O) groups is 7. The number of fused-ring (bicyclic) bond motifs is 6. The third-order valence-electron chi connectivity index (χ3n) is 19.6. The highest BCUT2D eigenvalue weighted by atomic mass is 32.7. The number of aromatic nitrogens is 6. The van der Waals surface area contributed by atoms with E-state index in [4.69, 9.17) is 82.0 Å². The third-order valence-corrected chi connectivity index (χ3v) is 22.8. The van der Waals surface area contributed by atoms with Gasteiger partial charge in [-0.25, -0.2) is 24.3 Å². The highest BCUT2D eigenvalue weighted by molar-refractivity contribution is 8.44. The molecule has 1 saturated carbocycles. The van der Waals surface area contributed by atoms with E-state index in [-0.39, 0.29) is 119 Å². The summed E-state index contributed by atoms with van der Waals surface area (Å²) in [5, 5.41) is 13.4. The van der Waals surface area contributed by atoms with Crippen molar-refractivity contribution in [1.29, 1.82) is 0 Å². The van der Waals surface area contributed by atoms with Crippen LogP contribution in [-0.4, -0.2) is 250 Å². The first kappa shape index (κ1) is 95.1. The number of hydrogen-bond donors (Lipinski definition) is 8. The van der Waals surface area contributed by atoms with Crippen LogP contribution in [0, 0.1) is 23.7 Å². The second-order valence-corrected chi connectivity index (χ2v) is 34.8. The molecule has 668 valence electrons. The Morgan fingerprint density at radius 3 is 2.02 bits per heavy atom. The molecular weight excluding hydrogens is 1690 g/mol. The van der Waals surface area contributed by atoms with Crippen LogP contribution >= 0.6 is 25.8 Å². The monoisotopic (exact) mass is 1800 g/mol. The minimum absolute atomic E-state index is 0.0158. The highest BCUT2D eigenvalue weighted by Crippen LogP contribution is 2.59. The number of hydrogen-bond acceptors (Lipinski definition) is 29. The smallest absolute Gasteiger partial charge is 0.410 e. The van der Waals surface area contributed by atoms with Crippen LogP contribution in [0.4, 0.5) is 22.1 Å². The summed E-state index contributed by atoms with van der Waals surface area (Å²) in [4.78, 5) is 139. The molecule has 42 heteroatoms. The number of nitrogens with zero attached hydrogens (tertiary/aromatic N) is 7. The Labute approximate surface area is 726 Å². The Kier molecular flexibility index (Phi) is 37.4. The lowest BCUT2D eigenvalue weighted by molar-refractivity contribution is -0.131. The number of H-pyrrole nitrogens is 1. The first-order valence-corrected chi connectivity index (χ1v) is 45.8. The number of para-hydroxylation sites is 1. The van der Waals surface area contributed by atoms with E-state index in [0.29, 0.717) is 128 Å². The van der Waals surface area contributed by atoms with E-state index in [2.05, 4.69) is 75.6 Å². The van der Waals surface area contributed by atoms with Gasteiger partial charge < -0.3 is 102 Å². The van der Waals surface area contributed by atoms with Crippen LogP contribution in [0.15, 0.2) is 127 Å². The maximum Gasteiger partial charge on any atom is 0.410 e. The van der Waals surface area contributed by atoms with E-state index in [1.54, 1.807) is 67.3 Å². The van der Waals surface area contributed by atoms with Gasteiger partial charge in [-0.1, -0.05) is 98.6 Å². The summed E-state index contributed by atoms with van der Waals surface area (Å²) in [6, 6.07) is 28.8. The van der Waals surface area contributed by atoms with Crippen molar-refractivity contribution in [2.24, 2.45) is 11.8 Å². The number of rotatable bonds is 45. The molecule has 38 nitrogen and oxygen atoms in total. The molecule has 6 heterocycles. The zero-order chi connectivity index (χ0) is 87.6. The summed E-state index contributed by atoms with van der Waals surface area (Å²) < 4.78 is 101. The predicted molar refractivity (Wildman–Crippen MR) is 455 cm³/mol. The molecule has 0 radical (unpaired) electrons. The maximum atomic E-state index is 14.0. The largest absolute Gasteiger partial charge is 0.474 e. The lowest BCUT2D eigenvalue weighted by Gasteiger charge is -2.27. The number of benzene rings is 4. The van der Waals surface area contributed by atoms with Crippen molar-refractivity contribution in [1.82, 2.24) is 50.3 Å². The van der Waals surface area contributed by atoms with Crippen LogP contribution in [0.5, 0.6) is 5.88 Å². The fourth-order valence-corrected chi connectivity index (χ4v) is 16.4. The molecule has 0 spiro atoms. The molecule has 3 fully saturated rings. The second kappa shape index (κ2) is 48.8. The van der Waals surface area contributed by atoms with Crippen LogP contribution in [0.25, 0.3) is 11.2 Å². The Morgan fingerprint density at radius 2 is 1.34 bits per heavy atom. The normalized spacial score (nSPS) is 20.1. The summed E-state index contributed by atoms with van der Waals surface area (Å²) in [5.41, 5.74) is 3.86. The first-order valence-electron chi connectivity index (χ1n) is 40.5. The van der Waals surface area contributed by atoms with E-state index in [0.717, 1.165) is 22.4 Å². The van der Waals surface area contributed by atoms with Crippen molar-refractivity contribution >= 4 is 108 Å². The van der Waals surface area contributed by atoms with Gasteiger partial charge in [0.25, 0.3) is 11.5 Å². The molecule has 2 saturated heterocycles. The average molecular weight is 1800 g/mol. The topological polar surface area (TPSA) is 451 Å². The lowest BCUT2D eigenvalue weighted by Crippen LogP contribution is -2.51. The highest BCUT2D eigenvalue weighted by Gasteiger charge is 2.46. The Balaban J connectivity index is 0.484. The maximum absolute atomic E-state index is 14.0. The summed E-state index contributed by atoms with van der Waals surface area (Å²) in [7, 11) is 1.48. The number of carbonyl (C=O) groups excluding carboxylic acids is 7. The van der Waals surface area contributed by atoms with Crippen LogP contribution in [-0.2, 0) is 126 Å². The van der Waals surface area contributed by atoms with E-state index in [1.165, 1.54) is 41.4 Å². The van der Waals surface area contributed by atoms with Gasteiger partial charge >= 0.3 is 19.6 Å². The predicted octanol–water partition coefficient (Wildman–Crippen LogP) is 6.71. The molecule has 11 rings (SSSR count). The molecule has 2 bridgehead atoms.